The van der Waals surface area contributed by atoms with E-state index < -0.39 is 11.7 Å². The van der Waals surface area contributed by atoms with Gasteiger partial charge < -0.3 is 10.1 Å². The standard InChI is InChI=1S/C18H26N2O2/c1-18(2,3)22-17(21)20-14-7-8-15-13(10-14)6-9-16(15)19-11-12-4-5-12/h7-8,10,12,16,19H,4-6,9,11H2,1-3H3,(H,20,21). The van der Waals surface area contributed by atoms with Gasteiger partial charge >= 0.3 is 6.09 Å². The van der Waals surface area contributed by atoms with Gasteiger partial charge in [0, 0.05) is 11.7 Å². The molecule has 3 rings (SSSR count). The van der Waals surface area contributed by atoms with Crippen LogP contribution in [0.4, 0.5) is 10.5 Å². The van der Waals surface area contributed by atoms with Crippen LogP contribution >= 0.6 is 0 Å². The van der Waals surface area contributed by atoms with Gasteiger partial charge in [-0.15, -0.1) is 0 Å². The number of anilines is 1. The maximum Gasteiger partial charge on any atom is 0.412 e. The molecule has 1 amide bonds. The summed E-state index contributed by atoms with van der Waals surface area (Å²) in [6, 6.07) is 6.67. The number of hydrogen-bond acceptors (Lipinski definition) is 3. The molecule has 2 aliphatic rings. The van der Waals surface area contributed by atoms with Crippen LogP contribution in [0, 0.1) is 5.92 Å². The zero-order valence-corrected chi connectivity index (χ0v) is 13.7. The lowest BCUT2D eigenvalue weighted by molar-refractivity contribution is 0.0636. The van der Waals surface area contributed by atoms with Crippen LogP contribution in [0.15, 0.2) is 18.2 Å². The minimum atomic E-state index is -0.474. The van der Waals surface area contributed by atoms with E-state index in [0.29, 0.717) is 6.04 Å². The van der Waals surface area contributed by atoms with Crippen molar-refractivity contribution in [2.45, 2.75) is 58.1 Å². The molecule has 4 heteroatoms. The Morgan fingerprint density at radius 2 is 2.05 bits per heavy atom. The summed E-state index contributed by atoms with van der Waals surface area (Å²) < 4.78 is 5.29. The van der Waals surface area contributed by atoms with Crippen molar-refractivity contribution in [1.82, 2.24) is 5.32 Å². The van der Waals surface area contributed by atoms with Crippen molar-refractivity contribution in [3.63, 3.8) is 0 Å². The van der Waals surface area contributed by atoms with Crippen molar-refractivity contribution in [3.05, 3.63) is 29.3 Å². The number of ether oxygens (including phenoxy) is 1. The number of rotatable bonds is 4. The fraction of sp³-hybridized carbons (Fsp3) is 0.611. The summed E-state index contributed by atoms with van der Waals surface area (Å²) in [5.74, 6) is 0.900. The molecule has 1 aromatic rings. The lowest BCUT2D eigenvalue weighted by Crippen LogP contribution is -2.27. The topological polar surface area (TPSA) is 50.4 Å². The van der Waals surface area contributed by atoms with Gasteiger partial charge in [-0.05, 0) is 82.2 Å². The first-order valence-corrected chi connectivity index (χ1v) is 8.27. The van der Waals surface area contributed by atoms with Gasteiger partial charge in [0.05, 0.1) is 0 Å². The molecule has 0 heterocycles. The zero-order valence-electron chi connectivity index (χ0n) is 13.7. The number of amides is 1. The van der Waals surface area contributed by atoms with Crippen LogP contribution in [0.2, 0.25) is 0 Å². The highest BCUT2D eigenvalue weighted by molar-refractivity contribution is 5.85. The smallest absolute Gasteiger partial charge is 0.412 e. The summed E-state index contributed by atoms with van der Waals surface area (Å²) in [6.07, 6.45) is 4.59. The second-order valence-electron chi connectivity index (χ2n) is 7.48. The average Bonchev–Trinajstić information content (AvgIpc) is 3.15. The van der Waals surface area contributed by atoms with Crippen LogP contribution in [-0.4, -0.2) is 18.2 Å². The summed E-state index contributed by atoms with van der Waals surface area (Å²) >= 11 is 0. The van der Waals surface area contributed by atoms with E-state index in [1.54, 1.807) is 0 Å². The number of fused-ring (bicyclic) bond motifs is 1. The van der Waals surface area contributed by atoms with Gasteiger partial charge in [0.25, 0.3) is 0 Å². The third-order valence-electron chi connectivity index (χ3n) is 4.22. The highest BCUT2D eigenvalue weighted by Gasteiger charge is 2.26. The molecule has 2 aliphatic carbocycles. The third kappa shape index (κ3) is 4.01. The SMILES string of the molecule is CC(C)(C)OC(=O)Nc1ccc2c(c1)CCC2NCC1CC1. The van der Waals surface area contributed by atoms with Crippen molar-refractivity contribution in [3.8, 4) is 0 Å². The number of hydrogen-bond donors (Lipinski definition) is 2. The number of aryl methyl sites for hydroxylation is 1. The molecule has 22 heavy (non-hydrogen) atoms. The van der Waals surface area contributed by atoms with E-state index in [4.69, 9.17) is 4.74 Å². The van der Waals surface area contributed by atoms with E-state index in [2.05, 4.69) is 22.8 Å². The molecule has 0 aromatic heterocycles. The lowest BCUT2D eigenvalue weighted by atomic mass is 10.1. The summed E-state index contributed by atoms with van der Waals surface area (Å²) in [4.78, 5) is 11.8. The van der Waals surface area contributed by atoms with Crippen molar-refractivity contribution < 1.29 is 9.53 Å². The van der Waals surface area contributed by atoms with Crippen molar-refractivity contribution >= 4 is 11.8 Å². The van der Waals surface area contributed by atoms with E-state index in [-0.39, 0.29) is 0 Å². The minimum absolute atomic E-state index is 0.395. The molecule has 1 atom stereocenters. The van der Waals surface area contributed by atoms with E-state index in [0.717, 1.165) is 31.0 Å². The van der Waals surface area contributed by atoms with Crippen LogP contribution in [0.1, 0.15) is 57.2 Å². The highest BCUT2D eigenvalue weighted by Crippen LogP contribution is 2.35. The molecule has 1 aromatic carbocycles. The first kappa shape index (κ1) is 15.3. The molecule has 1 unspecified atom stereocenters. The van der Waals surface area contributed by atoms with Crippen molar-refractivity contribution in [1.29, 1.82) is 0 Å². The molecule has 0 bridgehead atoms. The fourth-order valence-electron chi connectivity index (χ4n) is 2.96. The Bertz CT molecular complexity index is 559. The number of carbonyl (C=O) groups is 1. The molecule has 120 valence electrons. The largest absolute Gasteiger partial charge is 0.444 e. The van der Waals surface area contributed by atoms with Gasteiger partial charge in [-0.1, -0.05) is 6.07 Å². The van der Waals surface area contributed by atoms with Crippen LogP contribution in [0.3, 0.4) is 0 Å². The fourth-order valence-corrected chi connectivity index (χ4v) is 2.96. The maximum absolute atomic E-state index is 11.8. The van der Waals surface area contributed by atoms with Gasteiger partial charge in [-0.25, -0.2) is 4.79 Å². The second kappa shape index (κ2) is 5.92. The lowest BCUT2D eigenvalue weighted by Gasteiger charge is -2.20. The first-order chi connectivity index (χ1) is 10.4. The quantitative estimate of drug-likeness (QED) is 0.883. The Labute approximate surface area is 132 Å². The summed E-state index contributed by atoms with van der Waals surface area (Å²) in [6.45, 7) is 6.74. The first-order valence-electron chi connectivity index (χ1n) is 8.27. The van der Waals surface area contributed by atoms with Crippen molar-refractivity contribution in [2.75, 3.05) is 11.9 Å². The molecule has 4 nitrogen and oxygen atoms in total. The molecule has 2 N–H and O–H groups in total. The van der Waals surface area contributed by atoms with E-state index in [1.807, 2.05) is 26.8 Å². The number of benzene rings is 1. The maximum atomic E-state index is 11.8. The summed E-state index contributed by atoms with van der Waals surface area (Å²) in [5.41, 5.74) is 3.06. The summed E-state index contributed by atoms with van der Waals surface area (Å²) in [5, 5.41) is 6.50. The van der Waals surface area contributed by atoms with E-state index in [9.17, 15) is 4.79 Å². The minimum Gasteiger partial charge on any atom is -0.444 e. The monoisotopic (exact) mass is 302 g/mol. The van der Waals surface area contributed by atoms with Crippen LogP contribution in [0.25, 0.3) is 0 Å². The molecule has 1 fully saturated rings. The highest BCUT2D eigenvalue weighted by atomic mass is 16.6. The molecule has 1 saturated carbocycles. The predicted molar refractivity (Wildman–Crippen MR) is 88.1 cm³/mol. The van der Waals surface area contributed by atoms with Gasteiger partial charge in [-0.3, -0.25) is 5.32 Å². The average molecular weight is 302 g/mol. The number of carbonyl (C=O) groups excluding carboxylic acids is 1. The molecule has 0 radical (unpaired) electrons. The Hall–Kier alpha value is -1.55. The molecule has 0 saturated heterocycles. The van der Waals surface area contributed by atoms with Gasteiger partial charge in [0.15, 0.2) is 0 Å². The van der Waals surface area contributed by atoms with Crippen molar-refractivity contribution in [2.24, 2.45) is 5.92 Å². The Balaban J connectivity index is 1.60. The van der Waals surface area contributed by atoms with Crippen LogP contribution < -0.4 is 10.6 Å². The van der Waals surface area contributed by atoms with Gasteiger partial charge in [-0.2, -0.15) is 0 Å². The Kier molecular flexibility index (Phi) is 4.13. The van der Waals surface area contributed by atoms with Crippen LogP contribution in [0.5, 0.6) is 0 Å². The Morgan fingerprint density at radius 3 is 2.73 bits per heavy atom. The van der Waals surface area contributed by atoms with Crippen LogP contribution in [-0.2, 0) is 11.2 Å². The van der Waals surface area contributed by atoms with E-state index >= 15 is 0 Å². The zero-order chi connectivity index (χ0) is 15.7. The normalized spacial score (nSPS) is 20.6. The summed E-state index contributed by atoms with van der Waals surface area (Å²) in [7, 11) is 0. The molecule has 0 spiro atoms. The van der Waals surface area contributed by atoms with Gasteiger partial charge in [0.2, 0.25) is 0 Å². The third-order valence-corrected chi connectivity index (χ3v) is 4.22. The second-order valence-corrected chi connectivity index (χ2v) is 7.48. The number of nitrogens with one attached hydrogen (secondary N) is 2. The Morgan fingerprint density at radius 1 is 1.27 bits per heavy atom. The predicted octanol–water partition coefficient (Wildman–Crippen LogP) is 4.02. The molecular weight excluding hydrogens is 276 g/mol. The van der Waals surface area contributed by atoms with E-state index in [1.165, 1.54) is 24.0 Å². The molecular formula is C18H26N2O2. The van der Waals surface area contributed by atoms with Gasteiger partial charge in [0.1, 0.15) is 5.60 Å². The molecule has 0 aliphatic heterocycles.